The lowest BCUT2D eigenvalue weighted by atomic mass is 9.97. The predicted molar refractivity (Wildman–Crippen MR) is 128 cm³/mol. The highest BCUT2D eigenvalue weighted by Gasteiger charge is 2.20. The molecule has 9 heteroatoms. The van der Waals surface area contributed by atoms with E-state index in [0.29, 0.717) is 0 Å². The zero-order valence-corrected chi connectivity index (χ0v) is 20.7. The third-order valence-electron chi connectivity index (χ3n) is 4.89. The molecular formula is C22H28BrN5O2S. The van der Waals surface area contributed by atoms with Gasteiger partial charge in [-0.15, -0.1) is 0 Å². The van der Waals surface area contributed by atoms with E-state index in [9.17, 15) is 0 Å². The van der Waals surface area contributed by atoms with Gasteiger partial charge in [0.25, 0.3) is 0 Å². The third-order valence-corrected chi connectivity index (χ3v) is 6.86. The van der Waals surface area contributed by atoms with Crippen LogP contribution < -0.4 is 20.1 Å². The molecule has 0 amide bonds. The fourth-order valence-electron chi connectivity index (χ4n) is 3.41. The molecule has 1 aliphatic rings. The number of anilines is 1. The molecule has 3 aromatic rings. The van der Waals surface area contributed by atoms with Crippen molar-refractivity contribution in [1.29, 1.82) is 0 Å². The molecule has 0 saturated carbocycles. The summed E-state index contributed by atoms with van der Waals surface area (Å²) in [5, 5.41) is 7.65. The summed E-state index contributed by atoms with van der Waals surface area (Å²) in [6.07, 6.45) is 2.84. The number of hydrogen-bond acceptors (Lipinski definition) is 7. The fraction of sp³-hybridized carbons (Fsp3) is 0.455. The number of fused-ring (bicyclic) bond motifs is 2. The number of nitrogens with one attached hydrogen (secondary N) is 2. The molecule has 4 rings (SSSR count). The van der Waals surface area contributed by atoms with Crippen LogP contribution in [0.25, 0.3) is 11.0 Å². The van der Waals surface area contributed by atoms with Crippen molar-refractivity contribution in [1.82, 2.24) is 19.9 Å². The molecule has 0 unspecified atom stereocenters. The first-order valence-electron chi connectivity index (χ1n) is 10.4. The van der Waals surface area contributed by atoms with E-state index in [1.165, 1.54) is 0 Å². The minimum atomic E-state index is 0.257. The smallest absolute Gasteiger partial charge is 0.231 e. The second-order valence-electron chi connectivity index (χ2n) is 8.65. The number of benzene rings is 1. The second kappa shape index (κ2) is 9.26. The molecule has 2 N–H and O–H groups in total. The zero-order valence-electron chi connectivity index (χ0n) is 18.3. The molecule has 0 bridgehead atoms. The molecule has 2 aromatic heterocycles. The number of halogens is 1. The van der Waals surface area contributed by atoms with Crippen LogP contribution in [-0.4, -0.2) is 41.5 Å². The molecule has 3 heterocycles. The standard InChI is InChI=1S/C22H28BrN5O2S/c1-22(2,3)12-25-7-5-9-28-15-6-8-26-20(24-4)19(15)27-21(28)31-18-11-17-16(10-14(18)23)29-13-30-17/h6,8,10-11,25H,5,7,9,12-13H2,1-4H3,(H,24,26). The SMILES string of the molecule is CNc1nccc2c1nc(Sc1cc3c(cc1Br)OCO3)n2CCCNCC(C)(C)C. The average molecular weight is 506 g/mol. The van der Waals surface area contributed by atoms with Gasteiger partial charge in [0.15, 0.2) is 22.5 Å². The minimum absolute atomic E-state index is 0.257. The minimum Gasteiger partial charge on any atom is -0.454 e. The quantitative estimate of drug-likeness (QED) is 0.410. The zero-order chi connectivity index (χ0) is 22.0. The van der Waals surface area contributed by atoms with Gasteiger partial charge in [-0.3, -0.25) is 0 Å². The number of nitrogens with zero attached hydrogens (tertiary/aromatic N) is 3. The van der Waals surface area contributed by atoms with E-state index in [2.05, 4.69) is 56.9 Å². The summed E-state index contributed by atoms with van der Waals surface area (Å²) < 4.78 is 14.3. The Bertz CT molecular complexity index is 1080. The van der Waals surface area contributed by atoms with Crippen molar-refractivity contribution in [3.05, 3.63) is 28.9 Å². The summed E-state index contributed by atoms with van der Waals surface area (Å²) >= 11 is 5.28. The van der Waals surface area contributed by atoms with Gasteiger partial charge in [0.1, 0.15) is 5.52 Å². The molecule has 0 spiro atoms. The molecule has 166 valence electrons. The van der Waals surface area contributed by atoms with Crippen LogP contribution in [0.4, 0.5) is 5.82 Å². The Labute approximate surface area is 195 Å². The summed E-state index contributed by atoms with van der Waals surface area (Å²) in [5.41, 5.74) is 2.24. The van der Waals surface area contributed by atoms with Crippen molar-refractivity contribution in [3.8, 4) is 11.5 Å². The van der Waals surface area contributed by atoms with E-state index >= 15 is 0 Å². The Morgan fingerprint density at radius 2 is 2.00 bits per heavy atom. The van der Waals surface area contributed by atoms with Gasteiger partial charge in [-0.25, -0.2) is 9.97 Å². The maximum absolute atomic E-state index is 5.56. The van der Waals surface area contributed by atoms with Crippen molar-refractivity contribution in [2.75, 3.05) is 32.2 Å². The van der Waals surface area contributed by atoms with Crippen LogP contribution in [0, 0.1) is 5.41 Å². The van der Waals surface area contributed by atoms with E-state index < -0.39 is 0 Å². The van der Waals surface area contributed by atoms with Crippen molar-refractivity contribution in [2.24, 2.45) is 5.41 Å². The molecule has 1 aromatic carbocycles. The molecule has 0 fully saturated rings. The Morgan fingerprint density at radius 1 is 1.23 bits per heavy atom. The first-order chi connectivity index (χ1) is 14.9. The highest BCUT2D eigenvalue weighted by Crippen LogP contribution is 2.43. The second-order valence-corrected chi connectivity index (χ2v) is 10.5. The Kier molecular flexibility index (Phi) is 6.64. The molecule has 1 aliphatic heterocycles. The van der Waals surface area contributed by atoms with E-state index in [0.717, 1.165) is 68.9 Å². The van der Waals surface area contributed by atoms with Crippen LogP contribution in [0.3, 0.4) is 0 Å². The van der Waals surface area contributed by atoms with E-state index in [1.54, 1.807) is 11.8 Å². The van der Waals surface area contributed by atoms with E-state index in [-0.39, 0.29) is 12.2 Å². The number of rotatable bonds is 8. The molecular weight excluding hydrogens is 478 g/mol. The van der Waals surface area contributed by atoms with Crippen LogP contribution in [0.5, 0.6) is 11.5 Å². The van der Waals surface area contributed by atoms with Crippen LogP contribution in [0.1, 0.15) is 27.2 Å². The van der Waals surface area contributed by atoms with E-state index in [4.69, 9.17) is 14.5 Å². The monoisotopic (exact) mass is 505 g/mol. The van der Waals surface area contributed by atoms with Gasteiger partial charge < -0.3 is 24.7 Å². The molecule has 0 atom stereocenters. The molecule has 7 nitrogen and oxygen atoms in total. The van der Waals surface area contributed by atoms with E-state index in [1.807, 2.05) is 31.4 Å². The first-order valence-corrected chi connectivity index (χ1v) is 12.0. The Hall–Kier alpha value is -1.97. The fourth-order valence-corrected chi connectivity index (χ4v) is 4.93. The highest BCUT2D eigenvalue weighted by atomic mass is 79.9. The molecule has 0 radical (unpaired) electrons. The Morgan fingerprint density at radius 3 is 2.74 bits per heavy atom. The normalized spacial score (nSPS) is 13.2. The molecule has 0 saturated heterocycles. The van der Waals surface area contributed by atoms with Crippen molar-refractivity contribution in [3.63, 3.8) is 0 Å². The molecule has 31 heavy (non-hydrogen) atoms. The summed E-state index contributed by atoms with van der Waals surface area (Å²) in [4.78, 5) is 10.4. The third kappa shape index (κ3) is 5.10. The largest absolute Gasteiger partial charge is 0.454 e. The van der Waals surface area contributed by atoms with Crippen LogP contribution >= 0.6 is 27.7 Å². The van der Waals surface area contributed by atoms with Crippen LogP contribution in [-0.2, 0) is 6.54 Å². The first kappa shape index (κ1) is 22.2. The van der Waals surface area contributed by atoms with Gasteiger partial charge in [0, 0.05) is 29.2 Å². The summed E-state index contributed by atoms with van der Waals surface area (Å²) in [6.45, 7) is 9.81. The van der Waals surface area contributed by atoms with Gasteiger partial charge in [0.05, 0.1) is 5.52 Å². The summed E-state index contributed by atoms with van der Waals surface area (Å²) in [6, 6.07) is 5.99. The average Bonchev–Trinajstić information content (AvgIpc) is 3.31. The van der Waals surface area contributed by atoms with Gasteiger partial charge in [-0.05, 0) is 59.1 Å². The van der Waals surface area contributed by atoms with Gasteiger partial charge >= 0.3 is 0 Å². The number of aromatic nitrogens is 3. The van der Waals surface area contributed by atoms with Gasteiger partial charge in [-0.1, -0.05) is 32.5 Å². The lowest BCUT2D eigenvalue weighted by molar-refractivity contribution is 0.174. The van der Waals surface area contributed by atoms with Gasteiger partial charge in [-0.2, -0.15) is 0 Å². The lowest BCUT2D eigenvalue weighted by Gasteiger charge is -2.19. The topological polar surface area (TPSA) is 73.2 Å². The number of imidazole rings is 1. The highest BCUT2D eigenvalue weighted by molar-refractivity contribution is 9.10. The lowest BCUT2D eigenvalue weighted by Crippen LogP contribution is -2.28. The van der Waals surface area contributed by atoms with Crippen LogP contribution in [0.15, 0.2) is 38.9 Å². The summed E-state index contributed by atoms with van der Waals surface area (Å²) in [7, 11) is 1.87. The van der Waals surface area contributed by atoms with Crippen molar-refractivity contribution >= 4 is 44.5 Å². The summed E-state index contributed by atoms with van der Waals surface area (Å²) in [5.74, 6) is 2.31. The number of ether oxygens (including phenoxy) is 2. The number of aryl methyl sites for hydroxylation is 1. The maximum atomic E-state index is 5.56. The van der Waals surface area contributed by atoms with Crippen LogP contribution in [0.2, 0.25) is 0 Å². The Balaban J connectivity index is 1.60. The number of hydrogen-bond donors (Lipinski definition) is 2. The van der Waals surface area contributed by atoms with Gasteiger partial charge in [0.2, 0.25) is 6.79 Å². The number of pyridine rings is 1. The van der Waals surface area contributed by atoms with Crippen molar-refractivity contribution < 1.29 is 9.47 Å². The maximum Gasteiger partial charge on any atom is 0.231 e. The predicted octanol–water partition coefficient (Wildman–Crippen LogP) is 5.14. The van der Waals surface area contributed by atoms with Crippen molar-refractivity contribution in [2.45, 2.75) is 43.8 Å². The molecule has 0 aliphatic carbocycles.